The normalized spacial score (nSPS) is 31.4. The number of piperidine rings is 1. The van der Waals surface area contributed by atoms with Gasteiger partial charge in [-0.05, 0) is 57.8 Å². The van der Waals surface area contributed by atoms with Gasteiger partial charge in [0.15, 0.2) is 5.65 Å². The lowest BCUT2D eigenvalue weighted by Gasteiger charge is -2.39. The molecule has 2 N–H and O–H groups in total. The lowest BCUT2D eigenvalue weighted by atomic mass is 9.81. The molecule has 0 spiro atoms. The van der Waals surface area contributed by atoms with Gasteiger partial charge in [0.05, 0.1) is 11.7 Å². The van der Waals surface area contributed by atoms with Gasteiger partial charge in [-0.1, -0.05) is 6.92 Å². The molecule has 1 aliphatic carbocycles. The minimum Gasteiger partial charge on any atom is -0.355 e. The first-order valence-electron chi connectivity index (χ1n) is 12.2. The van der Waals surface area contributed by atoms with Crippen LogP contribution in [0.25, 0.3) is 5.65 Å². The average molecular weight is 459 g/mol. The molecule has 0 radical (unpaired) electrons. The summed E-state index contributed by atoms with van der Waals surface area (Å²) in [5, 5.41) is 4.97. The first-order valence-corrected chi connectivity index (χ1v) is 12.7. The number of hydrogen-bond acceptors (Lipinski definition) is 5. The Morgan fingerprint density at radius 3 is 2.78 bits per heavy atom. The molecule has 32 heavy (non-hydrogen) atoms. The van der Waals surface area contributed by atoms with Crippen LogP contribution in [0.4, 0.5) is 5.82 Å². The fourth-order valence-electron chi connectivity index (χ4n) is 5.71. The SMILES string of the molecule is Cc1cn2nc(C3CCCCN3C(=O)C3CCC(C)C(Cl)C3)cc2nc1N1CCC(N)C1. The predicted molar refractivity (Wildman–Crippen MR) is 127 cm³/mol. The highest BCUT2D eigenvalue weighted by atomic mass is 35.5. The highest BCUT2D eigenvalue weighted by Crippen LogP contribution is 2.37. The Morgan fingerprint density at radius 2 is 2.03 bits per heavy atom. The lowest BCUT2D eigenvalue weighted by Crippen LogP contribution is -2.44. The van der Waals surface area contributed by atoms with E-state index in [9.17, 15) is 4.79 Å². The molecule has 0 bridgehead atoms. The van der Waals surface area contributed by atoms with E-state index in [4.69, 9.17) is 27.4 Å². The third-order valence-electron chi connectivity index (χ3n) is 7.72. The van der Waals surface area contributed by atoms with Crippen molar-refractivity contribution in [1.82, 2.24) is 19.5 Å². The summed E-state index contributed by atoms with van der Waals surface area (Å²) in [6.07, 6.45) is 8.95. The van der Waals surface area contributed by atoms with E-state index in [1.54, 1.807) is 0 Å². The van der Waals surface area contributed by atoms with Crippen LogP contribution in [0, 0.1) is 18.8 Å². The number of fused-ring (bicyclic) bond motifs is 1. The zero-order chi connectivity index (χ0) is 22.4. The lowest BCUT2D eigenvalue weighted by molar-refractivity contribution is -0.140. The van der Waals surface area contributed by atoms with Crippen LogP contribution in [0.1, 0.15) is 69.2 Å². The fraction of sp³-hybridized carbons (Fsp3) is 0.708. The average Bonchev–Trinajstić information content (AvgIpc) is 3.40. The van der Waals surface area contributed by atoms with Crippen LogP contribution in [0.15, 0.2) is 12.3 Å². The Labute approximate surface area is 195 Å². The molecule has 1 saturated carbocycles. The highest BCUT2D eigenvalue weighted by Gasteiger charge is 2.37. The monoisotopic (exact) mass is 458 g/mol. The maximum Gasteiger partial charge on any atom is 0.226 e. The number of nitrogens with zero attached hydrogens (tertiary/aromatic N) is 5. The van der Waals surface area contributed by atoms with Crippen molar-refractivity contribution in [3.8, 4) is 0 Å². The molecule has 1 amide bonds. The number of alkyl halides is 1. The molecule has 2 aromatic rings. The van der Waals surface area contributed by atoms with E-state index in [-0.39, 0.29) is 29.3 Å². The number of halogens is 1. The van der Waals surface area contributed by atoms with Crippen LogP contribution in [0.2, 0.25) is 0 Å². The van der Waals surface area contributed by atoms with Gasteiger partial charge in [0.1, 0.15) is 5.82 Å². The van der Waals surface area contributed by atoms with E-state index in [0.29, 0.717) is 5.92 Å². The molecular weight excluding hydrogens is 424 g/mol. The van der Waals surface area contributed by atoms with Crippen molar-refractivity contribution in [2.45, 2.75) is 76.3 Å². The van der Waals surface area contributed by atoms with Crippen LogP contribution < -0.4 is 10.6 Å². The molecule has 4 heterocycles. The molecule has 7 nitrogen and oxygen atoms in total. The molecule has 5 rings (SSSR count). The molecule has 5 unspecified atom stereocenters. The topological polar surface area (TPSA) is 79.8 Å². The van der Waals surface area contributed by atoms with Crippen molar-refractivity contribution in [2.75, 3.05) is 24.5 Å². The van der Waals surface area contributed by atoms with Gasteiger partial charge in [-0.3, -0.25) is 4.79 Å². The molecule has 3 fully saturated rings. The number of carbonyl (C=O) groups is 1. The van der Waals surface area contributed by atoms with Gasteiger partial charge in [0, 0.05) is 54.8 Å². The van der Waals surface area contributed by atoms with E-state index >= 15 is 0 Å². The summed E-state index contributed by atoms with van der Waals surface area (Å²) in [6.45, 7) is 6.86. The Balaban J connectivity index is 1.40. The van der Waals surface area contributed by atoms with Crippen molar-refractivity contribution in [1.29, 1.82) is 0 Å². The number of hydrogen-bond donors (Lipinski definition) is 1. The number of amides is 1. The van der Waals surface area contributed by atoms with Crippen molar-refractivity contribution in [2.24, 2.45) is 17.6 Å². The van der Waals surface area contributed by atoms with Crippen molar-refractivity contribution < 1.29 is 4.79 Å². The Bertz CT molecular complexity index is 992. The van der Waals surface area contributed by atoms with E-state index in [2.05, 4.69) is 35.9 Å². The molecule has 0 aromatic carbocycles. The zero-order valence-corrected chi connectivity index (χ0v) is 20.0. The van der Waals surface area contributed by atoms with Crippen molar-refractivity contribution in [3.63, 3.8) is 0 Å². The van der Waals surface area contributed by atoms with Crippen molar-refractivity contribution in [3.05, 3.63) is 23.5 Å². The second kappa shape index (κ2) is 8.82. The summed E-state index contributed by atoms with van der Waals surface area (Å²) in [7, 11) is 0. The number of anilines is 1. The number of nitrogens with two attached hydrogens (primary N) is 1. The standard InChI is InChI=1S/C24H35ClN6O/c1-15-6-7-17(11-19(15)25)24(32)30-9-4-3-5-21(30)20-12-22-27-23(16(2)13-31(22)28-20)29-10-8-18(26)14-29/h12-13,15,17-19,21H,3-11,14,26H2,1-2H3. The molecule has 174 valence electrons. The summed E-state index contributed by atoms with van der Waals surface area (Å²) in [6, 6.07) is 2.31. The molecule has 8 heteroatoms. The van der Waals surface area contributed by atoms with Gasteiger partial charge in [-0.15, -0.1) is 11.6 Å². The maximum atomic E-state index is 13.5. The molecule has 2 aromatic heterocycles. The third kappa shape index (κ3) is 4.10. The predicted octanol–water partition coefficient (Wildman–Crippen LogP) is 3.67. The Morgan fingerprint density at radius 1 is 1.19 bits per heavy atom. The summed E-state index contributed by atoms with van der Waals surface area (Å²) in [5.74, 6) is 1.79. The minimum atomic E-state index is 0.0232. The molecule has 5 atom stereocenters. The quantitative estimate of drug-likeness (QED) is 0.710. The molecular formula is C24H35ClN6O. The number of likely N-dealkylation sites (tertiary alicyclic amines) is 1. The van der Waals surface area contributed by atoms with Crippen LogP contribution in [0.3, 0.4) is 0 Å². The first kappa shape index (κ1) is 22.0. The van der Waals surface area contributed by atoms with E-state index in [1.807, 2.05) is 4.52 Å². The van der Waals surface area contributed by atoms with Gasteiger partial charge >= 0.3 is 0 Å². The molecule has 2 saturated heterocycles. The first-order chi connectivity index (χ1) is 15.4. The van der Waals surface area contributed by atoms with Gasteiger partial charge in [0.25, 0.3) is 0 Å². The summed E-state index contributed by atoms with van der Waals surface area (Å²) in [5.41, 5.74) is 9.00. The van der Waals surface area contributed by atoms with Crippen LogP contribution in [-0.4, -0.2) is 56.5 Å². The highest BCUT2D eigenvalue weighted by molar-refractivity contribution is 6.21. The largest absolute Gasteiger partial charge is 0.355 e. The summed E-state index contributed by atoms with van der Waals surface area (Å²) in [4.78, 5) is 22.8. The second-order valence-corrected chi connectivity index (χ2v) is 10.7. The maximum absolute atomic E-state index is 13.5. The molecule has 3 aliphatic rings. The van der Waals surface area contributed by atoms with E-state index in [1.165, 1.54) is 0 Å². The zero-order valence-electron chi connectivity index (χ0n) is 19.2. The number of aryl methyl sites for hydroxylation is 1. The van der Waals surface area contributed by atoms with Gasteiger partial charge < -0.3 is 15.5 Å². The minimum absolute atomic E-state index is 0.0232. The second-order valence-electron chi connectivity index (χ2n) is 10.2. The number of carbonyl (C=O) groups excluding carboxylic acids is 1. The number of rotatable bonds is 3. The smallest absolute Gasteiger partial charge is 0.226 e. The van der Waals surface area contributed by atoms with Gasteiger partial charge in [0.2, 0.25) is 5.91 Å². The fourth-order valence-corrected chi connectivity index (χ4v) is 6.05. The van der Waals surface area contributed by atoms with Crippen LogP contribution >= 0.6 is 11.6 Å². The Hall–Kier alpha value is -1.86. The number of aromatic nitrogens is 3. The van der Waals surface area contributed by atoms with Crippen molar-refractivity contribution >= 4 is 29.0 Å². The molecule has 2 aliphatic heterocycles. The van der Waals surface area contributed by atoms with E-state index < -0.39 is 0 Å². The van der Waals surface area contributed by atoms with Crippen LogP contribution in [0.5, 0.6) is 0 Å². The van der Waals surface area contributed by atoms with Gasteiger partial charge in [-0.2, -0.15) is 5.10 Å². The third-order valence-corrected chi connectivity index (χ3v) is 8.33. The summed E-state index contributed by atoms with van der Waals surface area (Å²) >= 11 is 6.54. The van der Waals surface area contributed by atoms with E-state index in [0.717, 1.165) is 87.3 Å². The Kier molecular flexibility index (Phi) is 6.05. The van der Waals surface area contributed by atoms with Gasteiger partial charge in [-0.25, -0.2) is 9.50 Å². The van der Waals surface area contributed by atoms with Crippen LogP contribution in [-0.2, 0) is 4.79 Å². The summed E-state index contributed by atoms with van der Waals surface area (Å²) < 4.78 is 1.87.